The van der Waals surface area contributed by atoms with Gasteiger partial charge in [-0.2, -0.15) is 0 Å². The molecule has 1 amide bonds. The molecular formula is C27H31N3O5S. The molecule has 8 nitrogen and oxygen atoms in total. The molecule has 1 aromatic heterocycles. The molecular weight excluding hydrogens is 478 g/mol. The first kappa shape index (κ1) is 24.5. The van der Waals surface area contributed by atoms with Gasteiger partial charge in [-0.25, -0.2) is 4.98 Å². The van der Waals surface area contributed by atoms with E-state index in [1.54, 1.807) is 12.1 Å². The monoisotopic (exact) mass is 509 g/mol. The second-order valence-electron chi connectivity index (χ2n) is 9.38. The molecule has 2 aromatic carbocycles. The van der Waals surface area contributed by atoms with Gasteiger partial charge in [0.1, 0.15) is 0 Å². The lowest BCUT2D eigenvalue weighted by Gasteiger charge is -2.48. The molecule has 5 rings (SSSR count). The number of hydrogen-bond acceptors (Lipinski definition) is 8. The van der Waals surface area contributed by atoms with Crippen molar-refractivity contribution in [2.45, 2.75) is 50.2 Å². The van der Waals surface area contributed by atoms with Crippen molar-refractivity contribution >= 4 is 33.2 Å². The molecule has 3 atom stereocenters. The fourth-order valence-electron chi connectivity index (χ4n) is 5.56. The highest BCUT2D eigenvalue weighted by Gasteiger charge is 2.40. The minimum atomic E-state index is -0.170. The molecule has 1 N–H and O–H groups in total. The Kier molecular flexibility index (Phi) is 7.11. The van der Waals surface area contributed by atoms with Gasteiger partial charge < -0.3 is 19.5 Å². The predicted octanol–water partition coefficient (Wildman–Crippen LogP) is 4.32. The van der Waals surface area contributed by atoms with Crippen molar-refractivity contribution in [1.82, 2.24) is 15.2 Å². The number of benzene rings is 2. The van der Waals surface area contributed by atoms with Gasteiger partial charge >= 0.3 is 0 Å². The Bertz CT molecular complexity index is 1200. The van der Waals surface area contributed by atoms with E-state index in [1.807, 2.05) is 24.3 Å². The van der Waals surface area contributed by atoms with Crippen LogP contribution in [-0.2, 0) is 0 Å². The molecule has 3 aromatic rings. The van der Waals surface area contributed by atoms with Crippen molar-refractivity contribution in [1.29, 1.82) is 0 Å². The van der Waals surface area contributed by atoms with Crippen LogP contribution in [0.3, 0.4) is 0 Å². The van der Waals surface area contributed by atoms with E-state index in [2.05, 4.69) is 15.2 Å². The van der Waals surface area contributed by atoms with Crippen LogP contribution in [0.25, 0.3) is 10.2 Å². The summed E-state index contributed by atoms with van der Waals surface area (Å²) in [6.07, 6.45) is 4.84. The highest BCUT2D eigenvalue weighted by molar-refractivity contribution is 7.20. The fraction of sp³-hybridized carbons (Fsp3) is 0.444. The molecule has 9 heteroatoms. The van der Waals surface area contributed by atoms with Gasteiger partial charge in [0, 0.05) is 23.7 Å². The molecule has 2 fully saturated rings. The molecule has 0 radical (unpaired) electrons. The lowest BCUT2D eigenvalue weighted by Crippen LogP contribution is -2.58. The highest BCUT2D eigenvalue weighted by Crippen LogP contribution is 2.39. The number of nitrogens with one attached hydrogen (secondary N) is 1. The number of rotatable bonds is 8. The second-order valence-corrected chi connectivity index (χ2v) is 10.4. The maximum Gasteiger partial charge on any atom is 0.251 e. The summed E-state index contributed by atoms with van der Waals surface area (Å²) in [6, 6.07) is 11.8. The van der Waals surface area contributed by atoms with Gasteiger partial charge in [-0.15, -0.1) is 11.3 Å². The highest BCUT2D eigenvalue weighted by atomic mass is 32.1. The zero-order valence-electron chi connectivity index (χ0n) is 20.8. The first-order chi connectivity index (χ1) is 17.5. The molecule has 0 saturated carbocycles. The number of piperidine rings is 2. The van der Waals surface area contributed by atoms with Crippen molar-refractivity contribution < 1.29 is 23.8 Å². The van der Waals surface area contributed by atoms with Crippen LogP contribution in [0.15, 0.2) is 36.4 Å². The number of carbonyl (C=O) groups excluding carboxylic acids is 2. The van der Waals surface area contributed by atoms with E-state index in [-0.39, 0.29) is 29.8 Å². The van der Waals surface area contributed by atoms with Gasteiger partial charge in [0.2, 0.25) is 11.5 Å². The van der Waals surface area contributed by atoms with Crippen LogP contribution in [-0.4, -0.2) is 67.6 Å². The first-order valence-electron chi connectivity index (χ1n) is 12.3. The van der Waals surface area contributed by atoms with E-state index < -0.39 is 0 Å². The Balaban J connectivity index is 1.27. The van der Waals surface area contributed by atoms with Gasteiger partial charge in [-0.3, -0.25) is 14.5 Å². The normalized spacial score (nSPS) is 21.7. The van der Waals surface area contributed by atoms with Crippen LogP contribution >= 0.6 is 11.3 Å². The van der Waals surface area contributed by atoms with Crippen LogP contribution in [0.4, 0.5) is 0 Å². The van der Waals surface area contributed by atoms with Crippen LogP contribution in [0, 0.1) is 0 Å². The minimum Gasteiger partial charge on any atom is -0.493 e. The van der Waals surface area contributed by atoms with Crippen LogP contribution in [0.5, 0.6) is 17.2 Å². The van der Waals surface area contributed by atoms with E-state index in [0.717, 1.165) is 42.3 Å². The second kappa shape index (κ2) is 10.4. The Labute approximate surface area is 214 Å². The fourth-order valence-corrected chi connectivity index (χ4v) is 6.46. The number of fused-ring (bicyclic) bond motifs is 3. The van der Waals surface area contributed by atoms with Gasteiger partial charge in [-0.1, -0.05) is 18.6 Å². The molecule has 36 heavy (non-hydrogen) atoms. The number of ether oxygens (including phenoxy) is 3. The standard InChI is InChI=1S/C27H31N3O5S/c1-33-22-11-16(12-23(34-2)25(22)35-3)26(32)28-17-13-18-7-6-8-19(14-17)30(18)15-21(31)27-29-20-9-4-5-10-24(20)36-27/h4-5,9-12,17-19H,6-8,13-15H2,1-3H3,(H,28,32)/t17?,18-,19+. The van der Waals surface area contributed by atoms with Crippen LogP contribution < -0.4 is 19.5 Å². The third-order valence-electron chi connectivity index (χ3n) is 7.25. The number of ketones is 1. The summed E-state index contributed by atoms with van der Waals surface area (Å²) in [5.74, 6) is 1.26. The quantitative estimate of drug-likeness (QED) is 0.452. The molecule has 190 valence electrons. The molecule has 1 unspecified atom stereocenters. The third-order valence-corrected chi connectivity index (χ3v) is 8.32. The van der Waals surface area contributed by atoms with Gasteiger partial charge in [0.25, 0.3) is 5.91 Å². The number of carbonyl (C=O) groups is 2. The number of hydrogen-bond donors (Lipinski definition) is 1. The van der Waals surface area contributed by atoms with E-state index in [9.17, 15) is 9.59 Å². The maximum absolute atomic E-state index is 13.2. The summed E-state index contributed by atoms with van der Waals surface area (Å²) in [4.78, 5) is 33.2. The molecule has 2 saturated heterocycles. The number of amides is 1. The molecule has 0 spiro atoms. The van der Waals surface area contributed by atoms with Crippen LogP contribution in [0.1, 0.15) is 52.3 Å². The average Bonchev–Trinajstić information content (AvgIpc) is 3.32. The van der Waals surface area contributed by atoms with Gasteiger partial charge in [0.05, 0.1) is 38.1 Å². The van der Waals surface area contributed by atoms with Crippen molar-refractivity contribution in [2.75, 3.05) is 27.9 Å². The van der Waals surface area contributed by atoms with E-state index in [1.165, 1.54) is 32.7 Å². The number of methoxy groups -OCH3 is 3. The average molecular weight is 510 g/mol. The van der Waals surface area contributed by atoms with Gasteiger partial charge in [0.15, 0.2) is 16.5 Å². The van der Waals surface area contributed by atoms with Crippen molar-refractivity contribution in [2.24, 2.45) is 0 Å². The number of nitrogens with zero attached hydrogens (tertiary/aromatic N) is 2. The number of Topliss-reactive ketones (excluding diaryl/α,β-unsaturated/α-hetero) is 1. The SMILES string of the molecule is COc1cc(C(=O)NC2C[C@H]3CCC[C@@H](C2)N3CC(=O)c2nc3ccccc3s2)cc(OC)c1OC. The number of para-hydroxylation sites is 1. The zero-order chi connectivity index (χ0) is 25.2. The summed E-state index contributed by atoms with van der Waals surface area (Å²) in [7, 11) is 4.60. The van der Waals surface area contributed by atoms with Gasteiger partial charge in [-0.05, 0) is 49.9 Å². The lowest BCUT2D eigenvalue weighted by atomic mass is 9.81. The zero-order valence-corrected chi connectivity index (χ0v) is 21.6. The predicted molar refractivity (Wildman–Crippen MR) is 139 cm³/mol. The largest absolute Gasteiger partial charge is 0.493 e. The summed E-state index contributed by atoms with van der Waals surface area (Å²) in [5.41, 5.74) is 1.34. The molecule has 2 aliphatic rings. The summed E-state index contributed by atoms with van der Waals surface area (Å²) >= 11 is 1.46. The Morgan fingerprint density at radius 3 is 2.31 bits per heavy atom. The number of thiazole rings is 1. The topological polar surface area (TPSA) is 90.0 Å². The van der Waals surface area contributed by atoms with E-state index in [4.69, 9.17) is 14.2 Å². The first-order valence-corrected chi connectivity index (χ1v) is 13.1. The van der Waals surface area contributed by atoms with Crippen LogP contribution in [0.2, 0.25) is 0 Å². The van der Waals surface area contributed by atoms with E-state index >= 15 is 0 Å². The third kappa shape index (κ3) is 4.77. The summed E-state index contributed by atoms with van der Waals surface area (Å²) in [6.45, 7) is 0.378. The lowest BCUT2D eigenvalue weighted by molar-refractivity contribution is 0.0247. The Morgan fingerprint density at radius 1 is 1.03 bits per heavy atom. The molecule has 0 aliphatic carbocycles. The Hall–Kier alpha value is -3.17. The number of aromatic nitrogens is 1. The minimum absolute atomic E-state index is 0.0423. The smallest absolute Gasteiger partial charge is 0.251 e. The van der Waals surface area contributed by atoms with Crippen molar-refractivity contribution in [3.05, 3.63) is 47.0 Å². The summed E-state index contributed by atoms with van der Waals surface area (Å²) in [5, 5.41) is 3.79. The summed E-state index contributed by atoms with van der Waals surface area (Å²) < 4.78 is 17.2. The molecule has 2 bridgehead atoms. The molecule has 2 aliphatic heterocycles. The van der Waals surface area contributed by atoms with E-state index in [0.29, 0.717) is 34.4 Å². The van der Waals surface area contributed by atoms with Crippen molar-refractivity contribution in [3.63, 3.8) is 0 Å². The van der Waals surface area contributed by atoms with Crippen molar-refractivity contribution in [3.8, 4) is 17.2 Å². The Morgan fingerprint density at radius 2 is 1.69 bits per heavy atom. The molecule has 3 heterocycles. The maximum atomic E-state index is 13.2.